The Balaban J connectivity index is 1.58. The second-order valence-electron chi connectivity index (χ2n) is 7.14. The smallest absolute Gasteiger partial charge is 0.273 e. The van der Waals surface area contributed by atoms with Crippen molar-refractivity contribution in [2.75, 3.05) is 5.43 Å². The van der Waals surface area contributed by atoms with E-state index in [4.69, 9.17) is 0 Å². The van der Waals surface area contributed by atoms with Gasteiger partial charge in [-0.3, -0.25) is 15.0 Å². The highest BCUT2D eigenvalue weighted by Gasteiger charge is 2.25. The van der Waals surface area contributed by atoms with E-state index in [0.717, 1.165) is 18.4 Å². The molecule has 0 unspecified atom stereocenters. The maximum Gasteiger partial charge on any atom is 0.280 e. The Bertz CT molecular complexity index is 1090. The normalized spacial score (nSPS) is 13.6. The molecule has 0 radical (unpaired) electrons. The molecule has 2 aromatic carbocycles. The van der Waals surface area contributed by atoms with Gasteiger partial charge in [-0.15, -0.1) is 0 Å². The van der Waals surface area contributed by atoms with Crippen molar-refractivity contribution in [1.82, 2.24) is 9.66 Å². The molecule has 1 aliphatic carbocycles. The Morgan fingerprint density at radius 1 is 1.11 bits per heavy atom. The third kappa shape index (κ3) is 4.08. The summed E-state index contributed by atoms with van der Waals surface area (Å²) < 4.78 is 27.7. The van der Waals surface area contributed by atoms with Gasteiger partial charge in [0.05, 0.1) is 10.9 Å². The van der Waals surface area contributed by atoms with E-state index in [1.54, 1.807) is 12.1 Å². The summed E-state index contributed by atoms with van der Waals surface area (Å²) in [7, 11) is 0. The van der Waals surface area contributed by atoms with Gasteiger partial charge >= 0.3 is 0 Å². The van der Waals surface area contributed by atoms with Crippen molar-refractivity contribution in [3.05, 3.63) is 75.8 Å². The van der Waals surface area contributed by atoms with Crippen LogP contribution in [0.1, 0.15) is 30.7 Å². The first-order valence-corrected chi connectivity index (χ1v) is 9.25. The summed E-state index contributed by atoms with van der Waals surface area (Å²) in [6, 6.07) is 9.75. The topological polar surface area (TPSA) is 64.0 Å². The number of nitrogens with one attached hydrogen (secondary N) is 1. The highest BCUT2D eigenvalue weighted by molar-refractivity contribution is 5.84. The third-order valence-corrected chi connectivity index (χ3v) is 4.86. The quantitative estimate of drug-likeness (QED) is 0.710. The van der Waals surface area contributed by atoms with Crippen LogP contribution in [0.4, 0.5) is 8.78 Å². The van der Waals surface area contributed by atoms with Crippen molar-refractivity contribution < 1.29 is 13.6 Å². The zero-order chi connectivity index (χ0) is 19.7. The lowest BCUT2D eigenvalue weighted by molar-refractivity contribution is -0.117. The highest BCUT2D eigenvalue weighted by Crippen LogP contribution is 2.32. The summed E-state index contributed by atoms with van der Waals surface area (Å²) in [5.74, 6) is -0.270. The standard InChI is InChI=1S/C21H19F2N3O2/c22-15-6-3-13(4-7-15)5-10-20(27)25-26-19(11-14-1-2-14)24-18-12-16(23)8-9-17(18)21(26)28/h3-4,6-9,12,14H,1-2,5,10-11H2,(H,25,27). The second-order valence-corrected chi connectivity index (χ2v) is 7.14. The van der Waals surface area contributed by atoms with Gasteiger partial charge < -0.3 is 0 Å². The molecule has 3 aromatic rings. The lowest BCUT2D eigenvalue weighted by Gasteiger charge is -2.14. The monoisotopic (exact) mass is 383 g/mol. The first kappa shape index (κ1) is 18.3. The van der Waals surface area contributed by atoms with E-state index < -0.39 is 11.4 Å². The van der Waals surface area contributed by atoms with E-state index in [9.17, 15) is 18.4 Å². The maximum atomic E-state index is 13.5. The predicted molar refractivity (Wildman–Crippen MR) is 101 cm³/mol. The first-order valence-electron chi connectivity index (χ1n) is 9.25. The minimum atomic E-state index is -0.460. The fraction of sp³-hybridized carbons (Fsp3) is 0.286. The van der Waals surface area contributed by atoms with Gasteiger partial charge in [0, 0.05) is 18.9 Å². The Morgan fingerprint density at radius 2 is 1.82 bits per heavy atom. The molecule has 1 heterocycles. The molecule has 28 heavy (non-hydrogen) atoms. The Labute approximate surface area is 160 Å². The Kier molecular flexibility index (Phi) is 4.90. The fourth-order valence-electron chi connectivity index (χ4n) is 3.13. The van der Waals surface area contributed by atoms with E-state index in [1.807, 2.05) is 0 Å². The average molecular weight is 383 g/mol. The fourth-order valence-corrected chi connectivity index (χ4v) is 3.13. The lowest BCUT2D eigenvalue weighted by Crippen LogP contribution is -2.36. The molecule has 1 aromatic heterocycles. The molecular weight excluding hydrogens is 364 g/mol. The molecule has 0 bridgehead atoms. The number of hydrogen-bond donors (Lipinski definition) is 1. The SMILES string of the molecule is O=C(CCc1ccc(F)cc1)Nn1c(CC2CC2)nc2cc(F)ccc2c1=O. The molecule has 0 saturated heterocycles. The lowest BCUT2D eigenvalue weighted by atomic mass is 10.1. The number of carbonyl (C=O) groups excluding carboxylic acids is 1. The molecule has 1 saturated carbocycles. The zero-order valence-corrected chi connectivity index (χ0v) is 15.1. The van der Waals surface area contributed by atoms with Gasteiger partial charge in [0.2, 0.25) is 5.91 Å². The summed E-state index contributed by atoms with van der Waals surface area (Å²) >= 11 is 0. The zero-order valence-electron chi connectivity index (χ0n) is 15.1. The maximum absolute atomic E-state index is 13.5. The molecule has 144 valence electrons. The first-order chi connectivity index (χ1) is 13.5. The predicted octanol–water partition coefficient (Wildman–Crippen LogP) is 3.33. The molecule has 1 N–H and O–H groups in total. The van der Waals surface area contributed by atoms with Crippen LogP contribution < -0.4 is 11.0 Å². The van der Waals surface area contributed by atoms with E-state index in [-0.39, 0.29) is 29.0 Å². The molecular formula is C21H19F2N3O2. The number of nitrogens with zero attached hydrogens (tertiary/aromatic N) is 2. The van der Waals surface area contributed by atoms with Crippen molar-refractivity contribution >= 4 is 16.8 Å². The van der Waals surface area contributed by atoms with Crippen LogP contribution in [0, 0.1) is 17.6 Å². The number of amides is 1. The highest BCUT2D eigenvalue weighted by atomic mass is 19.1. The summed E-state index contributed by atoms with van der Waals surface area (Å²) in [5.41, 5.74) is 3.33. The number of hydrogen-bond acceptors (Lipinski definition) is 3. The number of aromatic nitrogens is 2. The molecule has 0 spiro atoms. The minimum absolute atomic E-state index is 0.141. The summed E-state index contributed by atoms with van der Waals surface area (Å²) in [4.78, 5) is 29.7. The summed E-state index contributed by atoms with van der Waals surface area (Å²) in [6.45, 7) is 0. The molecule has 5 nitrogen and oxygen atoms in total. The van der Waals surface area contributed by atoms with Gasteiger partial charge in [-0.25, -0.2) is 18.4 Å². The molecule has 1 fully saturated rings. The molecule has 1 amide bonds. The van der Waals surface area contributed by atoms with Gasteiger partial charge in [0.15, 0.2) is 0 Å². The minimum Gasteiger partial charge on any atom is -0.273 e. The summed E-state index contributed by atoms with van der Waals surface area (Å²) in [5, 5.41) is 0.250. The van der Waals surface area contributed by atoms with Gasteiger partial charge in [-0.05, 0) is 55.0 Å². The molecule has 0 atom stereocenters. The molecule has 7 heteroatoms. The van der Waals surface area contributed by atoms with Gasteiger partial charge in [0.25, 0.3) is 5.56 Å². The van der Waals surface area contributed by atoms with Crippen molar-refractivity contribution in [1.29, 1.82) is 0 Å². The third-order valence-electron chi connectivity index (χ3n) is 4.86. The Hall–Kier alpha value is -3.09. The Morgan fingerprint density at radius 3 is 2.54 bits per heavy atom. The van der Waals surface area contributed by atoms with E-state index >= 15 is 0 Å². The number of fused-ring (bicyclic) bond motifs is 1. The van der Waals surface area contributed by atoms with Crippen molar-refractivity contribution in [2.24, 2.45) is 5.92 Å². The van der Waals surface area contributed by atoms with E-state index in [0.29, 0.717) is 24.6 Å². The largest absolute Gasteiger partial charge is 0.280 e. The van der Waals surface area contributed by atoms with Crippen LogP contribution in [0.2, 0.25) is 0 Å². The van der Waals surface area contributed by atoms with Crippen LogP contribution in [-0.4, -0.2) is 15.6 Å². The van der Waals surface area contributed by atoms with Crippen molar-refractivity contribution in [3.63, 3.8) is 0 Å². The van der Waals surface area contributed by atoms with Crippen LogP contribution in [0.15, 0.2) is 47.3 Å². The summed E-state index contributed by atoms with van der Waals surface area (Å²) in [6.07, 6.45) is 3.22. The van der Waals surface area contributed by atoms with Crippen LogP contribution in [0.25, 0.3) is 10.9 Å². The van der Waals surface area contributed by atoms with Gasteiger partial charge in [-0.1, -0.05) is 12.1 Å². The van der Waals surface area contributed by atoms with Crippen molar-refractivity contribution in [3.8, 4) is 0 Å². The van der Waals surface area contributed by atoms with Gasteiger partial charge in [0.1, 0.15) is 17.5 Å². The van der Waals surface area contributed by atoms with Crippen LogP contribution in [0.3, 0.4) is 0 Å². The van der Waals surface area contributed by atoms with Crippen LogP contribution in [0.5, 0.6) is 0 Å². The number of carbonyl (C=O) groups is 1. The van der Waals surface area contributed by atoms with E-state index in [2.05, 4.69) is 10.4 Å². The van der Waals surface area contributed by atoms with Gasteiger partial charge in [-0.2, -0.15) is 0 Å². The number of benzene rings is 2. The number of halogens is 2. The molecule has 4 rings (SSSR count). The number of aryl methyl sites for hydroxylation is 1. The number of rotatable bonds is 6. The van der Waals surface area contributed by atoms with E-state index in [1.165, 1.54) is 35.0 Å². The van der Waals surface area contributed by atoms with Crippen LogP contribution >= 0.6 is 0 Å². The average Bonchev–Trinajstić information content (AvgIpc) is 3.48. The van der Waals surface area contributed by atoms with Crippen molar-refractivity contribution in [2.45, 2.75) is 32.1 Å². The molecule has 1 aliphatic rings. The molecule has 0 aliphatic heterocycles. The second kappa shape index (κ2) is 7.50. The van der Waals surface area contributed by atoms with Crippen LogP contribution in [-0.2, 0) is 17.6 Å².